The molecular formula is C21H22N2O3. The van der Waals surface area contributed by atoms with Crippen molar-refractivity contribution in [3.8, 4) is 17.2 Å². The van der Waals surface area contributed by atoms with Gasteiger partial charge in [0.25, 0.3) is 0 Å². The number of benzene rings is 2. The van der Waals surface area contributed by atoms with Crippen molar-refractivity contribution in [2.45, 2.75) is 25.4 Å². The third-order valence-corrected chi connectivity index (χ3v) is 5.88. The maximum Gasteiger partial charge on any atom is 0.165 e. The van der Waals surface area contributed by atoms with Crippen LogP contribution in [0.5, 0.6) is 17.2 Å². The summed E-state index contributed by atoms with van der Waals surface area (Å²) < 4.78 is 10.8. The highest BCUT2D eigenvalue weighted by Gasteiger charge is 2.35. The lowest BCUT2D eigenvalue weighted by molar-refractivity contribution is 0.155. The molecule has 0 aliphatic carbocycles. The van der Waals surface area contributed by atoms with Gasteiger partial charge in [0, 0.05) is 41.3 Å². The molecule has 3 aromatic rings. The molecule has 134 valence electrons. The number of nitrogens with zero attached hydrogens (tertiary/aromatic N) is 1. The van der Waals surface area contributed by atoms with Crippen LogP contribution in [-0.2, 0) is 19.4 Å². The Kier molecular flexibility index (Phi) is 3.40. The van der Waals surface area contributed by atoms with Gasteiger partial charge in [-0.3, -0.25) is 4.90 Å². The molecule has 3 heterocycles. The molecule has 5 rings (SSSR count). The zero-order chi connectivity index (χ0) is 17.8. The molecule has 1 atom stereocenters. The van der Waals surface area contributed by atoms with E-state index in [9.17, 15) is 5.11 Å². The zero-order valence-corrected chi connectivity index (χ0v) is 15.0. The maximum atomic E-state index is 10.1. The summed E-state index contributed by atoms with van der Waals surface area (Å²) in [5.41, 5.74) is 6.26. The highest BCUT2D eigenvalue weighted by Crippen LogP contribution is 2.44. The van der Waals surface area contributed by atoms with E-state index in [0.717, 1.165) is 42.8 Å². The molecule has 0 saturated carbocycles. The minimum Gasteiger partial charge on any atom is -0.504 e. The number of hydrogen-bond acceptors (Lipinski definition) is 4. The third kappa shape index (κ3) is 2.13. The lowest BCUT2D eigenvalue weighted by atomic mass is 9.86. The van der Waals surface area contributed by atoms with Crippen molar-refractivity contribution in [2.24, 2.45) is 0 Å². The fraction of sp³-hybridized carbons (Fsp3) is 0.333. The van der Waals surface area contributed by atoms with Crippen molar-refractivity contribution in [3.63, 3.8) is 0 Å². The molecule has 0 saturated heterocycles. The SMILES string of the molecule is COc1ccc2c3c([nH]c2c1)C1Cc2ccc(O)c(OC)c2CN1CC3. The Hall–Kier alpha value is -2.66. The first kappa shape index (κ1) is 15.6. The standard InChI is InChI=1S/C21H22N2O3/c1-25-13-4-5-14-15-7-8-23-11-16-12(3-6-19(24)21(16)26-2)9-18(23)20(15)22-17(14)10-13/h3-6,10,18,22,24H,7-9,11H2,1-2H3. The van der Waals surface area contributed by atoms with Crippen molar-refractivity contribution in [2.75, 3.05) is 20.8 Å². The van der Waals surface area contributed by atoms with Gasteiger partial charge in [0.05, 0.1) is 20.3 Å². The van der Waals surface area contributed by atoms with Gasteiger partial charge in [0.15, 0.2) is 11.5 Å². The molecule has 2 aromatic carbocycles. The van der Waals surface area contributed by atoms with Crippen molar-refractivity contribution in [1.29, 1.82) is 0 Å². The van der Waals surface area contributed by atoms with E-state index >= 15 is 0 Å². The predicted octanol–water partition coefficient (Wildman–Crippen LogP) is 3.55. The van der Waals surface area contributed by atoms with Crippen LogP contribution in [0.1, 0.15) is 28.4 Å². The van der Waals surface area contributed by atoms with Crippen LogP contribution in [0.2, 0.25) is 0 Å². The van der Waals surface area contributed by atoms with Crippen LogP contribution in [-0.4, -0.2) is 35.8 Å². The number of ether oxygens (including phenoxy) is 2. The third-order valence-electron chi connectivity index (χ3n) is 5.88. The molecule has 5 nitrogen and oxygen atoms in total. The number of rotatable bonds is 2. The quantitative estimate of drug-likeness (QED) is 0.742. The van der Waals surface area contributed by atoms with E-state index in [1.807, 2.05) is 12.1 Å². The molecule has 1 unspecified atom stereocenters. The molecule has 2 aliphatic heterocycles. The average Bonchev–Trinajstić information content (AvgIpc) is 3.04. The molecule has 26 heavy (non-hydrogen) atoms. The zero-order valence-electron chi connectivity index (χ0n) is 15.0. The molecule has 0 bridgehead atoms. The summed E-state index contributed by atoms with van der Waals surface area (Å²) in [5.74, 6) is 1.72. The second-order valence-corrected chi connectivity index (χ2v) is 7.12. The van der Waals surface area contributed by atoms with E-state index in [4.69, 9.17) is 9.47 Å². The topological polar surface area (TPSA) is 57.7 Å². The number of hydrogen-bond donors (Lipinski definition) is 2. The fourth-order valence-electron chi connectivity index (χ4n) is 4.61. The smallest absolute Gasteiger partial charge is 0.165 e. The van der Waals surface area contributed by atoms with Crippen LogP contribution >= 0.6 is 0 Å². The summed E-state index contributed by atoms with van der Waals surface area (Å²) in [6.45, 7) is 1.81. The molecule has 5 heteroatoms. The molecular weight excluding hydrogens is 328 g/mol. The van der Waals surface area contributed by atoms with Gasteiger partial charge in [0.2, 0.25) is 0 Å². The number of phenolic OH excluding ortho intramolecular Hbond substituents is 1. The summed E-state index contributed by atoms with van der Waals surface area (Å²) in [7, 11) is 3.33. The van der Waals surface area contributed by atoms with Crippen LogP contribution in [0.25, 0.3) is 10.9 Å². The molecule has 0 fully saturated rings. The normalized spacial score (nSPS) is 18.9. The largest absolute Gasteiger partial charge is 0.504 e. The molecule has 0 radical (unpaired) electrons. The maximum absolute atomic E-state index is 10.1. The number of H-pyrrole nitrogens is 1. The van der Waals surface area contributed by atoms with Gasteiger partial charge in [-0.05, 0) is 42.2 Å². The monoisotopic (exact) mass is 350 g/mol. The Morgan fingerprint density at radius 1 is 1.12 bits per heavy atom. The Morgan fingerprint density at radius 2 is 2.00 bits per heavy atom. The van der Waals surface area contributed by atoms with Gasteiger partial charge < -0.3 is 19.6 Å². The Bertz CT molecular complexity index is 1010. The Balaban J connectivity index is 1.61. The van der Waals surface area contributed by atoms with Crippen LogP contribution in [0.3, 0.4) is 0 Å². The first-order valence-corrected chi connectivity index (χ1v) is 9.00. The number of aromatic nitrogens is 1. The second kappa shape index (κ2) is 5.68. The van der Waals surface area contributed by atoms with Gasteiger partial charge >= 0.3 is 0 Å². The predicted molar refractivity (Wildman–Crippen MR) is 100 cm³/mol. The van der Waals surface area contributed by atoms with E-state index in [-0.39, 0.29) is 5.75 Å². The molecule has 2 N–H and O–H groups in total. The van der Waals surface area contributed by atoms with E-state index in [1.54, 1.807) is 20.3 Å². The van der Waals surface area contributed by atoms with Crippen molar-refractivity contribution in [3.05, 3.63) is 52.7 Å². The Labute approximate surface area is 152 Å². The van der Waals surface area contributed by atoms with Gasteiger partial charge in [-0.2, -0.15) is 0 Å². The number of nitrogens with one attached hydrogen (secondary N) is 1. The van der Waals surface area contributed by atoms with Crippen LogP contribution in [0.15, 0.2) is 30.3 Å². The number of phenols is 1. The number of aromatic amines is 1. The van der Waals surface area contributed by atoms with Gasteiger partial charge in [0.1, 0.15) is 5.75 Å². The van der Waals surface area contributed by atoms with E-state index in [2.05, 4.69) is 22.0 Å². The number of fused-ring (bicyclic) bond motifs is 6. The van der Waals surface area contributed by atoms with Crippen LogP contribution in [0.4, 0.5) is 0 Å². The fourth-order valence-corrected chi connectivity index (χ4v) is 4.61. The van der Waals surface area contributed by atoms with E-state index in [1.165, 1.54) is 22.2 Å². The lowest BCUT2D eigenvalue weighted by Gasteiger charge is -2.40. The van der Waals surface area contributed by atoms with Gasteiger partial charge in [-0.1, -0.05) is 6.07 Å². The van der Waals surface area contributed by atoms with Crippen molar-refractivity contribution in [1.82, 2.24) is 9.88 Å². The molecule has 2 aliphatic rings. The first-order valence-electron chi connectivity index (χ1n) is 9.00. The Morgan fingerprint density at radius 3 is 2.81 bits per heavy atom. The minimum atomic E-state index is 0.222. The number of methoxy groups -OCH3 is 2. The van der Waals surface area contributed by atoms with Crippen molar-refractivity contribution < 1.29 is 14.6 Å². The number of aromatic hydroxyl groups is 1. The van der Waals surface area contributed by atoms with Gasteiger partial charge in [-0.25, -0.2) is 0 Å². The summed E-state index contributed by atoms with van der Waals surface area (Å²) in [6.07, 6.45) is 1.94. The van der Waals surface area contributed by atoms with E-state index < -0.39 is 0 Å². The molecule has 1 aromatic heterocycles. The van der Waals surface area contributed by atoms with E-state index in [0.29, 0.717) is 11.8 Å². The molecule has 0 spiro atoms. The summed E-state index contributed by atoms with van der Waals surface area (Å²) in [5, 5.41) is 11.4. The average molecular weight is 350 g/mol. The summed E-state index contributed by atoms with van der Waals surface area (Å²) >= 11 is 0. The minimum absolute atomic E-state index is 0.222. The summed E-state index contributed by atoms with van der Waals surface area (Å²) in [4.78, 5) is 6.14. The van der Waals surface area contributed by atoms with Gasteiger partial charge in [-0.15, -0.1) is 0 Å². The molecule has 0 amide bonds. The highest BCUT2D eigenvalue weighted by atomic mass is 16.5. The first-order chi connectivity index (χ1) is 12.7. The summed E-state index contributed by atoms with van der Waals surface area (Å²) in [6, 6.07) is 10.4. The van der Waals surface area contributed by atoms with Crippen LogP contribution in [0, 0.1) is 0 Å². The van der Waals surface area contributed by atoms with Crippen molar-refractivity contribution >= 4 is 10.9 Å². The highest BCUT2D eigenvalue weighted by molar-refractivity contribution is 5.86. The lowest BCUT2D eigenvalue weighted by Crippen LogP contribution is -2.39. The van der Waals surface area contributed by atoms with Crippen LogP contribution < -0.4 is 9.47 Å². The second-order valence-electron chi connectivity index (χ2n) is 7.12.